The van der Waals surface area contributed by atoms with Gasteiger partial charge in [-0.15, -0.1) is 11.8 Å². The van der Waals surface area contributed by atoms with Gasteiger partial charge in [-0.3, -0.25) is 0 Å². The van der Waals surface area contributed by atoms with Gasteiger partial charge in [0.1, 0.15) is 5.82 Å². The summed E-state index contributed by atoms with van der Waals surface area (Å²) in [5.74, 6) is 0.452. The van der Waals surface area contributed by atoms with Gasteiger partial charge < -0.3 is 11.5 Å². The number of pyridine rings is 1. The zero-order chi connectivity index (χ0) is 9.97. The lowest BCUT2D eigenvalue weighted by molar-refractivity contribution is 0.886. The predicted octanol–water partition coefficient (Wildman–Crippen LogP) is 2.28. The molecule has 1 heterocycles. The van der Waals surface area contributed by atoms with E-state index in [2.05, 4.69) is 4.98 Å². The van der Waals surface area contributed by atoms with Gasteiger partial charge in [0, 0.05) is 5.25 Å². The Balaban J connectivity index is 2.05. The topological polar surface area (TPSA) is 64.9 Å². The molecule has 0 saturated heterocycles. The smallest absolute Gasteiger partial charge is 0.147 e. The molecule has 0 aromatic carbocycles. The highest BCUT2D eigenvalue weighted by Gasteiger charge is 2.16. The second-order valence-corrected chi connectivity index (χ2v) is 4.97. The van der Waals surface area contributed by atoms with Crippen LogP contribution < -0.4 is 11.5 Å². The van der Waals surface area contributed by atoms with E-state index in [1.807, 2.05) is 23.9 Å². The summed E-state index contributed by atoms with van der Waals surface area (Å²) >= 11 is 1.83. The molecule has 1 aromatic rings. The maximum absolute atomic E-state index is 5.65. The fourth-order valence-electron chi connectivity index (χ4n) is 1.71. The second kappa shape index (κ2) is 4.09. The van der Waals surface area contributed by atoms with E-state index in [1.165, 1.54) is 25.7 Å². The largest absolute Gasteiger partial charge is 0.396 e. The summed E-state index contributed by atoms with van der Waals surface area (Å²) in [6, 6.07) is 3.79. The number of nitrogens with zero attached hydrogens (tertiary/aromatic N) is 1. The minimum Gasteiger partial charge on any atom is -0.396 e. The second-order valence-electron chi connectivity index (χ2n) is 3.65. The van der Waals surface area contributed by atoms with Crippen LogP contribution in [0.1, 0.15) is 25.7 Å². The van der Waals surface area contributed by atoms with Crippen molar-refractivity contribution in [2.45, 2.75) is 36.0 Å². The Labute approximate surface area is 88.3 Å². The maximum atomic E-state index is 5.65. The van der Waals surface area contributed by atoms with Crippen molar-refractivity contribution in [3.05, 3.63) is 12.1 Å². The molecule has 1 aliphatic rings. The van der Waals surface area contributed by atoms with Gasteiger partial charge in [-0.25, -0.2) is 4.98 Å². The fraction of sp³-hybridized carbons (Fsp3) is 0.500. The van der Waals surface area contributed by atoms with Crippen molar-refractivity contribution in [3.63, 3.8) is 0 Å². The van der Waals surface area contributed by atoms with E-state index in [0.717, 1.165) is 10.3 Å². The maximum Gasteiger partial charge on any atom is 0.147 e. The first kappa shape index (κ1) is 9.65. The molecule has 1 saturated carbocycles. The number of aromatic nitrogens is 1. The van der Waals surface area contributed by atoms with Crippen molar-refractivity contribution < 1.29 is 0 Å². The summed E-state index contributed by atoms with van der Waals surface area (Å²) in [5.41, 5.74) is 11.8. The Hall–Kier alpha value is -0.900. The first-order valence-corrected chi connectivity index (χ1v) is 5.82. The van der Waals surface area contributed by atoms with Crippen LogP contribution in [0.25, 0.3) is 0 Å². The normalized spacial score (nSPS) is 17.4. The van der Waals surface area contributed by atoms with E-state index < -0.39 is 0 Å². The van der Waals surface area contributed by atoms with Crippen LogP contribution in [0.5, 0.6) is 0 Å². The molecule has 0 unspecified atom stereocenters. The first-order valence-electron chi connectivity index (χ1n) is 4.94. The molecule has 0 radical (unpaired) electrons. The van der Waals surface area contributed by atoms with Crippen LogP contribution in [0.3, 0.4) is 0 Å². The number of anilines is 2. The molecule has 3 nitrogen and oxygen atoms in total. The highest BCUT2D eigenvalue weighted by atomic mass is 32.2. The zero-order valence-corrected chi connectivity index (χ0v) is 8.89. The summed E-state index contributed by atoms with van der Waals surface area (Å²) in [6.07, 6.45) is 5.30. The van der Waals surface area contributed by atoms with Gasteiger partial charge in [-0.2, -0.15) is 0 Å². The zero-order valence-electron chi connectivity index (χ0n) is 8.07. The molecular weight excluding hydrogens is 194 g/mol. The molecule has 0 atom stereocenters. The van der Waals surface area contributed by atoms with Crippen molar-refractivity contribution in [1.29, 1.82) is 0 Å². The Morgan fingerprint density at radius 3 is 2.57 bits per heavy atom. The molecule has 0 bridgehead atoms. The highest BCUT2D eigenvalue weighted by molar-refractivity contribution is 7.99. The number of nitrogens with two attached hydrogens (primary N) is 2. The summed E-state index contributed by atoms with van der Waals surface area (Å²) in [5, 5.41) is 1.73. The number of hydrogen-bond acceptors (Lipinski definition) is 4. The molecule has 14 heavy (non-hydrogen) atoms. The van der Waals surface area contributed by atoms with E-state index in [4.69, 9.17) is 11.5 Å². The Morgan fingerprint density at radius 1 is 1.21 bits per heavy atom. The molecule has 1 aromatic heterocycles. The number of thioether (sulfide) groups is 1. The van der Waals surface area contributed by atoms with Crippen molar-refractivity contribution in [2.75, 3.05) is 11.5 Å². The summed E-state index contributed by atoms with van der Waals surface area (Å²) in [7, 11) is 0. The molecule has 1 fully saturated rings. The van der Waals surface area contributed by atoms with E-state index >= 15 is 0 Å². The Kier molecular flexibility index (Phi) is 2.82. The Bertz CT molecular complexity index is 321. The standard InChI is InChI=1S/C10H15N3S/c11-8-5-6-9(13-10(8)12)14-7-3-1-2-4-7/h5-7H,1-4,11H2,(H2,12,13). The highest BCUT2D eigenvalue weighted by Crippen LogP contribution is 2.34. The van der Waals surface area contributed by atoms with Gasteiger partial charge >= 0.3 is 0 Å². The van der Waals surface area contributed by atoms with Gasteiger partial charge in [0.2, 0.25) is 0 Å². The molecule has 0 aliphatic heterocycles. The van der Waals surface area contributed by atoms with Crippen molar-refractivity contribution in [2.24, 2.45) is 0 Å². The van der Waals surface area contributed by atoms with Crippen LogP contribution >= 0.6 is 11.8 Å². The number of rotatable bonds is 2. The molecule has 4 N–H and O–H groups in total. The van der Waals surface area contributed by atoms with E-state index in [-0.39, 0.29) is 0 Å². The molecular formula is C10H15N3S. The summed E-state index contributed by atoms with van der Waals surface area (Å²) < 4.78 is 0. The third kappa shape index (κ3) is 2.12. The fourth-order valence-corrected chi connectivity index (χ4v) is 2.92. The third-order valence-corrected chi connectivity index (χ3v) is 3.80. The molecule has 4 heteroatoms. The van der Waals surface area contributed by atoms with Gasteiger partial charge in [-0.1, -0.05) is 12.8 Å². The lowest BCUT2D eigenvalue weighted by Gasteiger charge is -2.08. The number of nitrogen functional groups attached to an aromatic ring is 2. The summed E-state index contributed by atoms with van der Waals surface area (Å²) in [4.78, 5) is 4.25. The lowest BCUT2D eigenvalue weighted by Crippen LogP contribution is -2.00. The van der Waals surface area contributed by atoms with Crippen LogP contribution in [0, 0.1) is 0 Å². The molecule has 0 amide bonds. The third-order valence-electron chi connectivity index (χ3n) is 2.52. The van der Waals surface area contributed by atoms with Gasteiger partial charge in [0.25, 0.3) is 0 Å². The minimum atomic E-state index is 0.452. The van der Waals surface area contributed by atoms with Gasteiger partial charge in [-0.05, 0) is 25.0 Å². The average molecular weight is 209 g/mol. The minimum absolute atomic E-state index is 0.452. The van der Waals surface area contributed by atoms with Crippen molar-refractivity contribution in [1.82, 2.24) is 4.98 Å². The van der Waals surface area contributed by atoms with Gasteiger partial charge in [0.15, 0.2) is 0 Å². The van der Waals surface area contributed by atoms with E-state index in [9.17, 15) is 0 Å². The quantitative estimate of drug-likeness (QED) is 0.784. The molecule has 76 valence electrons. The number of hydrogen-bond donors (Lipinski definition) is 2. The summed E-state index contributed by atoms with van der Waals surface area (Å²) in [6.45, 7) is 0. The van der Waals surface area contributed by atoms with Gasteiger partial charge in [0.05, 0.1) is 10.7 Å². The lowest BCUT2D eigenvalue weighted by atomic mass is 10.4. The van der Waals surface area contributed by atoms with Crippen LogP contribution in [0.2, 0.25) is 0 Å². The van der Waals surface area contributed by atoms with Crippen molar-refractivity contribution in [3.8, 4) is 0 Å². The van der Waals surface area contributed by atoms with Crippen LogP contribution in [0.15, 0.2) is 17.2 Å². The van der Waals surface area contributed by atoms with Crippen LogP contribution in [0.4, 0.5) is 11.5 Å². The predicted molar refractivity (Wildman–Crippen MR) is 61.2 cm³/mol. The molecule has 0 spiro atoms. The molecule has 2 rings (SSSR count). The van der Waals surface area contributed by atoms with Crippen LogP contribution in [-0.4, -0.2) is 10.2 Å². The first-order chi connectivity index (χ1) is 6.75. The molecule has 1 aliphatic carbocycles. The SMILES string of the molecule is Nc1ccc(SC2CCCC2)nc1N. The van der Waals surface area contributed by atoms with Crippen molar-refractivity contribution >= 4 is 23.3 Å². The van der Waals surface area contributed by atoms with E-state index in [1.54, 1.807) is 0 Å². The van der Waals surface area contributed by atoms with E-state index in [0.29, 0.717) is 11.5 Å². The van der Waals surface area contributed by atoms with Crippen LogP contribution in [-0.2, 0) is 0 Å². The Morgan fingerprint density at radius 2 is 1.93 bits per heavy atom. The monoisotopic (exact) mass is 209 g/mol. The average Bonchev–Trinajstić information content (AvgIpc) is 2.64.